The first-order valence-electron chi connectivity index (χ1n) is 5.79. The van der Waals surface area contributed by atoms with Crippen molar-refractivity contribution in [3.63, 3.8) is 0 Å². The molecule has 0 bridgehead atoms. The van der Waals surface area contributed by atoms with Gasteiger partial charge < -0.3 is 25.7 Å². The lowest BCUT2D eigenvalue weighted by molar-refractivity contribution is -0.0531. The predicted molar refractivity (Wildman–Crippen MR) is 73.8 cm³/mol. The average molecular weight is 260 g/mol. The molecule has 2 aromatic carbocycles. The summed E-state index contributed by atoms with van der Waals surface area (Å²) in [5.74, 6) is 1.17. The summed E-state index contributed by atoms with van der Waals surface area (Å²) in [6.45, 7) is 0.113. The minimum atomic E-state index is 0.0565. The molecule has 2 aromatic rings. The lowest BCUT2D eigenvalue weighted by atomic mass is 10.3. The van der Waals surface area contributed by atoms with Crippen LogP contribution >= 0.6 is 0 Å². The molecule has 5 heteroatoms. The summed E-state index contributed by atoms with van der Waals surface area (Å²) in [5.41, 5.74) is 12.6. The number of ether oxygens (including phenoxy) is 3. The first-order valence-corrected chi connectivity index (χ1v) is 5.79. The van der Waals surface area contributed by atoms with E-state index in [0.29, 0.717) is 22.9 Å². The molecule has 0 amide bonds. The minimum absolute atomic E-state index is 0.0565. The zero-order chi connectivity index (χ0) is 13.5. The molecule has 100 valence electrons. The number of nitrogen functional groups attached to an aromatic ring is 2. The zero-order valence-corrected chi connectivity index (χ0v) is 10.4. The lowest BCUT2D eigenvalue weighted by Gasteiger charge is -2.11. The molecule has 0 saturated heterocycles. The van der Waals surface area contributed by atoms with Crippen LogP contribution in [0.3, 0.4) is 0 Å². The van der Waals surface area contributed by atoms with Gasteiger partial charge in [0.25, 0.3) is 0 Å². The Morgan fingerprint density at radius 3 is 1.53 bits per heavy atom. The van der Waals surface area contributed by atoms with Gasteiger partial charge >= 0.3 is 0 Å². The van der Waals surface area contributed by atoms with Crippen LogP contribution in [0.2, 0.25) is 0 Å². The standard InChI is InChI=1S/C14H16N2O3/c15-11-5-1-3-7-13(11)18-9-17-10-19-14-8-4-2-6-12(14)16/h1-8H,9-10,15-16H2. The monoisotopic (exact) mass is 260 g/mol. The summed E-state index contributed by atoms with van der Waals surface area (Å²) in [7, 11) is 0. The average Bonchev–Trinajstić information content (AvgIpc) is 2.42. The Bertz CT molecular complexity index is 484. The number of rotatable bonds is 6. The van der Waals surface area contributed by atoms with E-state index in [4.69, 9.17) is 25.7 Å². The van der Waals surface area contributed by atoms with Gasteiger partial charge in [0, 0.05) is 0 Å². The molecule has 0 saturated carbocycles. The highest BCUT2D eigenvalue weighted by Crippen LogP contribution is 2.20. The van der Waals surface area contributed by atoms with Crippen molar-refractivity contribution in [2.75, 3.05) is 25.1 Å². The molecule has 0 aliphatic rings. The van der Waals surface area contributed by atoms with Crippen LogP contribution in [0.25, 0.3) is 0 Å². The van der Waals surface area contributed by atoms with Crippen LogP contribution in [0.1, 0.15) is 0 Å². The van der Waals surface area contributed by atoms with Crippen LogP contribution in [0.4, 0.5) is 11.4 Å². The maximum absolute atomic E-state index is 5.72. The number of para-hydroxylation sites is 4. The Kier molecular flexibility index (Phi) is 4.47. The van der Waals surface area contributed by atoms with Gasteiger partial charge in [0.05, 0.1) is 11.4 Å². The van der Waals surface area contributed by atoms with E-state index in [2.05, 4.69) is 0 Å². The van der Waals surface area contributed by atoms with Gasteiger partial charge in [-0.2, -0.15) is 0 Å². The normalized spacial score (nSPS) is 10.1. The van der Waals surface area contributed by atoms with E-state index in [0.717, 1.165) is 0 Å². The van der Waals surface area contributed by atoms with Gasteiger partial charge in [0.2, 0.25) is 0 Å². The summed E-state index contributed by atoms with van der Waals surface area (Å²) >= 11 is 0. The van der Waals surface area contributed by atoms with Crippen molar-refractivity contribution in [3.8, 4) is 11.5 Å². The molecule has 19 heavy (non-hydrogen) atoms. The Morgan fingerprint density at radius 2 is 1.11 bits per heavy atom. The molecule has 0 heterocycles. The second kappa shape index (κ2) is 6.51. The number of hydrogen-bond acceptors (Lipinski definition) is 5. The Morgan fingerprint density at radius 1 is 0.684 bits per heavy atom. The van der Waals surface area contributed by atoms with Crippen molar-refractivity contribution in [1.29, 1.82) is 0 Å². The number of nitrogens with two attached hydrogens (primary N) is 2. The topological polar surface area (TPSA) is 79.7 Å². The fraction of sp³-hybridized carbons (Fsp3) is 0.143. The van der Waals surface area contributed by atoms with E-state index in [1.165, 1.54) is 0 Å². The first kappa shape index (κ1) is 13.0. The van der Waals surface area contributed by atoms with Crippen molar-refractivity contribution >= 4 is 11.4 Å². The molecule has 0 radical (unpaired) electrons. The van der Waals surface area contributed by atoms with E-state index >= 15 is 0 Å². The number of anilines is 2. The van der Waals surface area contributed by atoms with Crippen molar-refractivity contribution in [2.45, 2.75) is 0 Å². The summed E-state index contributed by atoms with van der Waals surface area (Å²) in [5, 5.41) is 0. The van der Waals surface area contributed by atoms with Gasteiger partial charge in [-0.1, -0.05) is 24.3 Å². The zero-order valence-electron chi connectivity index (χ0n) is 10.4. The molecule has 0 unspecified atom stereocenters. The van der Waals surface area contributed by atoms with E-state index in [-0.39, 0.29) is 13.6 Å². The molecule has 0 aliphatic carbocycles. The molecule has 0 atom stereocenters. The minimum Gasteiger partial charge on any atom is -0.465 e. The maximum atomic E-state index is 5.72. The second-order valence-electron chi connectivity index (χ2n) is 3.80. The predicted octanol–water partition coefficient (Wildman–Crippen LogP) is 2.24. The molecular formula is C14H16N2O3. The third-order valence-corrected chi connectivity index (χ3v) is 2.43. The summed E-state index contributed by atoms with van der Waals surface area (Å²) in [6, 6.07) is 14.4. The van der Waals surface area contributed by atoms with Gasteiger partial charge in [-0.15, -0.1) is 0 Å². The maximum Gasteiger partial charge on any atom is 0.192 e. The Hall–Kier alpha value is -2.40. The summed E-state index contributed by atoms with van der Waals surface area (Å²) < 4.78 is 15.9. The quantitative estimate of drug-likeness (QED) is 0.473. The molecule has 2 rings (SSSR count). The SMILES string of the molecule is Nc1ccccc1OCOCOc1ccccc1N. The molecule has 0 fully saturated rings. The van der Waals surface area contributed by atoms with Crippen LogP contribution in [-0.4, -0.2) is 13.6 Å². The first-order chi connectivity index (χ1) is 9.27. The van der Waals surface area contributed by atoms with Crippen LogP contribution < -0.4 is 20.9 Å². The van der Waals surface area contributed by atoms with Crippen LogP contribution in [0, 0.1) is 0 Å². The van der Waals surface area contributed by atoms with Crippen LogP contribution in [-0.2, 0) is 4.74 Å². The van der Waals surface area contributed by atoms with E-state index in [9.17, 15) is 0 Å². The Labute approximate surface area is 111 Å². The third-order valence-electron chi connectivity index (χ3n) is 2.43. The highest BCUT2D eigenvalue weighted by atomic mass is 16.7. The van der Waals surface area contributed by atoms with Gasteiger partial charge in [-0.05, 0) is 24.3 Å². The molecule has 4 N–H and O–H groups in total. The second-order valence-corrected chi connectivity index (χ2v) is 3.80. The van der Waals surface area contributed by atoms with Crippen molar-refractivity contribution in [2.24, 2.45) is 0 Å². The number of hydrogen-bond donors (Lipinski definition) is 2. The van der Waals surface area contributed by atoms with Crippen molar-refractivity contribution < 1.29 is 14.2 Å². The molecule has 5 nitrogen and oxygen atoms in total. The molecule has 0 spiro atoms. The van der Waals surface area contributed by atoms with Crippen LogP contribution in [0.15, 0.2) is 48.5 Å². The van der Waals surface area contributed by atoms with Gasteiger partial charge in [0.1, 0.15) is 11.5 Å². The smallest absolute Gasteiger partial charge is 0.192 e. The highest BCUT2D eigenvalue weighted by molar-refractivity contribution is 5.52. The van der Waals surface area contributed by atoms with E-state index in [1.54, 1.807) is 24.3 Å². The van der Waals surface area contributed by atoms with E-state index < -0.39 is 0 Å². The Balaban J connectivity index is 1.71. The van der Waals surface area contributed by atoms with Crippen LogP contribution in [0.5, 0.6) is 11.5 Å². The van der Waals surface area contributed by atoms with Gasteiger partial charge in [-0.3, -0.25) is 0 Å². The highest BCUT2D eigenvalue weighted by Gasteiger charge is 2.00. The van der Waals surface area contributed by atoms with E-state index in [1.807, 2.05) is 24.3 Å². The molecule has 0 aliphatic heterocycles. The van der Waals surface area contributed by atoms with Crippen molar-refractivity contribution in [1.82, 2.24) is 0 Å². The largest absolute Gasteiger partial charge is 0.465 e. The third kappa shape index (κ3) is 3.79. The fourth-order valence-corrected chi connectivity index (χ4v) is 1.47. The molecule has 0 aromatic heterocycles. The number of benzene rings is 2. The summed E-state index contributed by atoms with van der Waals surface area (Å²) in [4.78, 5) is 0. The summed E-state index contributed by atoms with van der Waals surface area (Å²) in [6.07, 6.45) is 0. The fourth-order valence-electron chi connectivity index (χ4n) is 1.47. The van der Waals surface area contributed by atoms with Crippen molar-refractivity contribution in [3.05, 3.63) is 48.5 Å². The van der Waals surface area contributed by atoms with Gasteiger partial charge in [-0.25, -0.2) is 0 Å². The molecular weight excluding hydrogens is 244 g/mol. The van der Waals surface area contributed by atoms with Gasteiger partial charge in [0.15, 0.2) is 13.6 Å². The lowest BCUT2D eigenvalue weighted by Crippen LogP contribution is -2.10.